The second-order valence-electron chi connectivity index (χ2n) is 5.81. The number of para-hydroxylation sites is 1. The first-order valence-electron chi connectivity index (χ1n) is 7.57. The molecule has 1 heterocycles. The fourth-order valence-corrected chi connectivity index (χ4v) is 3.38. The van der Waals surface area contributed by atoms with Crippen LogP contribution in [0.15, 0.2) is 46.9 Å². The van der Waals surface area contributed by atoms with Crippen LogP contribution in [0, 0.1) is 12.8 Å². The fraction of sp³-hybridized carbons (Fsp3) is 0.222. The first-order chi connectivity index (χ1) is 11.5. The molecule has 6 heteroatoms. The van der Waals surface area contributed by atoms with Crippen LogP contribution in [0.5, 0.6) is 0 Å². The number of carbonyl (C=O) groups excluding carboxylic acids is 2. The van der Waals surface area contributed by atoms with Crippen molar-refractivity contribution in [1.29, 1.82) is 0 Å². The summed E-state index contributed by atoms with van der Waals surface area (Å²) in [4.78, 5) is 26.4. The number of hydrogen-bond acceptors (Lipinski definition) is 2. The van der Waals surface area contributed by atoms with E-state index in [0.29, 0.717) is 17.3 Å². The van der Waals surface area contributed by atoms with Crippen LogP contribution in [0.3, 0.4) is 0 Å². The molecular weight excluding hydrogens is 392 g/mol. The lowest BCUT2D eigenvalue weighted by Crippen LogP contribution is -2.28. The van der Waals surface area contributed by atoms with Crippen molar-refractivity contribution in [1.82, 2.24) is 0 Å². The Kier molecular flexibility index (Phi) is 4.92. The molecule has 2 aromatic carbocycles. The second kappa shape index (κ2) is 6.95. The Morgan fingerprint density at radius 1 is 1.29 bits per heavy atom. The number of rotatable bonds is 3. The highest BCUT2D eigenvalue weighted by molar-refractivity contribution is 9.10. The van der Waals surface area contributed by atoms with Crippen molar-refractivity contribution < 1.29 is 9.59 Å². The minimum atomic E-state index is -0.375. The minimum absolute atomic E-state index is 0.0353. The van der Waals surface area contributed by atoms with Gasteiger partial charge in [0.15, 0.2) is 0 Å². The Bertz CT molecular complexity index is 795. The van der Waals surface area contributed by atoms with Gasteiger partial charge in [-0.05, 0) is 52.7 Å². The average molecular weight is 408 g/mol. The number of amides is 2. The van der Waals surface area contributed by atoms with Crippen LogP contribution in [0.4, 0.5) is 11.4 Å². The lowest BCUT2D eigenvalue weighted by molar-refractivity contribution is -0.122. The lowest BCUT2D eigenvalue weighted by Gasteiger charge is -2.17. The first-order valence-corrected chi connectivity index (χ1v) is 8.74. The van der Waals surface area contributed by atoms with Crippen molar-refractivity contribution in [2.45, 2.75) is 13.3 Å². The number of nitrogens with one attached hydrogen (secondary N) is 1. The zero-order chi connectivity index (χ0) is 17.3. The minimum Gasteiger partial charge on any atom is -0.325 e. The third-order valence-electron chi connectivity index (χ3n) is 4.09. The van der Waals surface area contributed by atoms with E-state index >= 15 is 0 Å². The zero-order valence-corrected chi connectivity index (χ0v) is 15.4. The van der Waals surface area contributed by atoms with Crippen molar-refractivity contribution in [3.05, 3.63) is 57.5 Å². The SMILES string of the molecule is Cc1cc(Br)c(Cl)cc1NC(=O)[C@@H]1CC(=O)N(c2ccccc2)C1. The summed E-state index contributed by atoms with van der Waals surface area (Å²) in [6.45, 7) is 2.28. The van der Waals surface area contributed by atoms with Crippen LogP contribution in [0.1, 0.15) is 12.0 Å². The smallest absolute Gasteiger partial charge is 0.229 e. The van der Waals surface area contributed by atoms with Crippen LogP contribution in [-0.4, -0.2) is 18.4 Å². The van der Waals surface area contributed by atoms with Gasteiger partial charge in [-0.25, -0.2) is 0 Å². The van der Waals surface area contributed by atoms with Gasteiger partial charge in [-0.3, -0.25) is 9.59 Å². The Balaban J connectivity index is 1.73. The molecule has 0 aromatic heterocycles. The van der Waals surface area contributed by atoms with Gasteiger partial charge in [0.1, 0.15) is 0 Å². The second-order valence-corrected chi connectivity index (χ2v) is 7.07. The molecule has 0 aliphatic carbocycles. The Morgan fingerprint density at radius 3 is 2.71 bits per heavy atom. The number of aryl methyl sites for hydroxylation is 1. The van der Waals surface area contributed by atoms with Crippen LogP contribution in [0.25, 0.3) is 0 Å². The number of benzene rings is 2. The third-order valence-corrected chi connectivity index (χ3v) is 5.29. The quantitative estimate of drug-likeness (QED) is 0.819. The van der Waals surface area contributed by atoms with E-state index < -0.39 is 0 Å². The van der Waals surface area contributed by atoms with Crippen molar-refractivity contribution in [2.75, 3.05) is 16.8 Å². The van der Waals surface area contributed by atoms with E-state index in [4.69, 9.17) is 11.6 Å². The van der Waals surface area contributed by atoms with Crippen LogP contribution < -0.4 is 10.2 Å². The molecule has 0 spiro atoms. The average Bonchev–Trinajstić information content (AvgIpc) is 2.95. The van der Waals surface area contributed by atoms with E-state index in [9.17, 15) is 9.59 Å². The molecular formula is C18H16BrClN2O2. The summed E-state index contributed by atoms with van der Waals surface area (Å²) in [5.74, 6) is -0.574. The molecule has 24 heavy (non-hydrogen) atoms. The Hall–Kier alpha value is -1.85. The van der Waals surface area contributed by atoms with Gasteiger partial charge in [0.2, 0.25) is 11.8 Å². The van der Waals surface area contributed by atoms with Gasteiger partial charge in [0.25, 0.3) is 0 Å². The largest absolute Gasteiger partial charge is 0.325 e. The molecule has 2 amide bonds. The molecule has 124 valence electrons. The number of anilines is 2. The van der Waals surface area contributed by atoms with Crippen LogP contribution in [0.2, 0.25) is 5.02 Å². The highest BCUT2D eigenvalue weighted by Gasteiger charge is 2.35. The van der Waals surface area contributed by atoms with Crippen LogP contribution in [-0.2, 0) is 9.59 Å². The van der Waals surface area contributed by atoms with E-state index in [-0.39, 0.29) is 24.2 Å². The van der Waals surface area contributed by atoms with Crippen molar-refractivity contribution in [2.24, 2.45) is 5.92 Å². The van der Waals surface area contributed by atoms with Crippen molar-refractivity contribution >= 4 is 50.7 Å². The van der Waals surface area contributed by atoms with E-state index in [1.54, 1.807) is 11.0 Å². The van der Waals surface area contributed by atoms with Gasteiger partial charge in [-0.15, -0.1) is 0 Å². The van der Waals surface area contributed by atoms with E-state index in [1.165, 1.54) is 0 Å². The molecule has 0 unspecified atom stereocenters. The summed E-state index contributed by atoms with van der Waals surface area (Å²) < 4.78 is 0.783. The summed E-state index contributed by atoms with van der Waals surface area (Å²) in [5, 5.41) is 3.42. The summed E-state index contributed by atoms with van der Waals surface area (Å²) >= 11 is 9.45. The van der Waals surface area contributed by atoms with Gasteiger partial charge >= 0.3 is 0 Å². The molecule has 0 saturated carbocycles. The molecule has 0 radical (unpaired) electrons. The monoisotopic (exact) mass is 406 g/mol. The predicted octanol–water partition coefficient (Wildman–Crippen LogP) is 4.40. The Labute approximate surface area is 153 Å². The maximum absolute atomic E-state index is 12.5. The van der Waals surface area contributed by atoms with E-state index in [1.807, 2.05) is 43.3 Å². The highest BCUT2D eigenvalue weighted by atomic mass is 79.9. The lowest BCUT2D eigenvalue weighted by atomic mass is 10.1. The van der Waals surface area contributed by atoms with E-state index in [0.717, 1.165) is 15.7 Å². The standard InChI is InChI=1S/C18H16BrClN2O2/c1-11-7-14(19)15(20)9-16(11)21-18(24)12-8-17(23)22(10-12)13-5-3-2-4-6-13/h2-7,9,12H,8,10H2,1H3,(H,21,24)/t12-/m1/s1. The molecule has 1 aliphatic heterocycles. The fourth-order valence-electron chi connectivity index (χ4n) is 2.76. The third kappa shape index (κ3) is 3.47. The van der Waals surface area contributed by atoms with Crippen molar-refractivity contribution in [3.8, 4) is 0 Å². The number of nitrogens with zero attached hydrogens (tertiary/aromatic N) is 1. The highest BCUT2D eigenvalue weighted by Crippen LogP contribution is 2.30. The maximum Gasteiger partial charge on any atom is 0.229 e. The summed E-state index contributed by atoms with van der Waals surface area (Å²) in [6.07, 6.45) is 0.212. The van der Waals surface area contributed by atoms with Gasteiger partial charge in [-0.2, -0.15) is 0 Å². The van der Waals surface area contributed by atoms with Gasteiger partial charge in [0.05, 0.1) is 10.9 Å². The summed E-state index contributed by atoms with van der Waals surface area (Å²) in [6, 6.07) is 13.0. The molecule has 1 fully saturated rings. The van der Waals surface area contributed by atoms with Crippen LogP contribution >= 0.6 is 27.5 Å². The maximum atomic E-state index is 12.5. The topological polar surface area (TPSA) is 49.4 Å². The molecule has 1 N–H and O–H groups in total. The van der Waals surface area contributed by atoms with Crippen molar-refractivity contribution in [3.63, 3.8) is 0 Å². The molecule has 1 aliphatic rings. The number of hydrogen-bond donors (Lipinski definition) is 1. The summed E-state index contributed by atoms with van der Waals surface area (Å²) in [5.41, 5.74) is 2.39. The van der Waals surface area contributed by atoms with Gasteiger partial charge in [0, 0.05) is 28.8 Å². The number of halogens is 2. The Morgan fingerprint density at radius 2 is 2.00 bits per heavy atom. The molecule has 1 saturated heterocycles. The van der Waals surface area contributed by atoms with E-state index in [2.05, 4.69) is 21.2 Å². The molecule has 2 aromatic rings. The molecule has 4 nitrogen and oxygen atoms in total. The summed E-state index contributed by atoms with van der Waals surface area (Å²) in [7, 11) is 0. The molecule has 0 bridgehead atoms. The molecule has 1 atom stereocenters. The number of carbonyl (C=O) groups is 2. The van der Waals surface area contributed by atoms with Gasteiger partial charge in [-0.1, -0.05) is 29.8 Å². The normalized spacial score (nSPS) is 17.2. The van der Waals surface area contributed by atoms with Gasteiger partial charge < -0.3 is 10.2 Å². The molecule has 3 rings (SSSR count). The first kappa shape index (κ1) is 17.0. The zero-order valence-electron chi connectivity index (χ0n) is 13.1. The predicted molar refractivity (Wildman–Crippen MR) is 99.4 cm³/mol.